The van der Waals surface area contributed by atoms with Crippen LogP contribution in [-0.4, -0.2) is 38.9 Å². The molecule has 0 unspecified atom stereocenters. The van der Waals surface area contributed by atoms with Crippen LogP contribution in [0.3, 0.4) is 0 Å². The van der Waals surface area contributed by atoms with Crippen LogP contribution < -0.4 is 4.72 Å². The van der Waals surface area contributed by atoms with Gasteiger partial charge in [0.15, 0.2) is 0 Å². The Balaban J connectivity index is 1.89. The fraction of sp³-hybridized carbons (Fsp3) is 0.562. The smallest absolute Gasteiger partial charge is 0.240 e. The third-order valence-electron chi connectivity index (χ3n) is 4.13. The van der Waals surface area contributed by atoms with Gasteiger partial charge < -0.3 is 4.90 Å². The number of piperidine rings is 1. The monoisotopic (exact) mass is 324 g/mol. The minimum absolute atomic E-state index is 0.0301. The zero-order valence-electron chi connectivity index (χ0n) is 13.3. The Hall–Kier alpha value is -1.40. The van der Waals surface area contributed by atoms with Crippen molar-refractivity contribution in [2.75, 3.05) is 19.6 Å². The average Bonchev–Trinajstić information content (AvgIpc) is 2.50. The number of likely N-dealkylation sites (tertiary alicyclic amines) is 1. The summed E-state index contributed by atoms with van der Waals surface area (Å²) in [4.78, 5) is 14.1. The summed E-state index contributed by atoms with van der Waals surface area (Å²) in [5.74, 6) is 0.0301. The number of amides is 1. The predicted molar refractivity (Wildman–Crippen MR) is 86.2 cm³/mol. The number of carbonyl (C=O) groups excluding carboxylic acids is 1. The Morgan fingerprint density at radius 3 is 2.45 bits per heavy atom. The highest BCUT2D eigenvalue weighted by molar-refractivity contribution is 7.89. The number of benzene rings is 1. The Morgan fingerprint density at radius 1 is 1.14 bits per heavy atom. The molecule has 1 fully saturated rings. The first-order valence-electron chi connectivity index (χ1n) is 7.75. The number of carbonyl (C=O) groups is 1. The van der Waals surface area contributed by atoms with E-state index in [4.69, 9.17) is 0 Å². The second-order valence-electron chi connectivity index (χ2n) is 5.84. The van der Waals surface area contributed by atoms with E-state index in [-0.39, 0.29) is 23.8 Å². The Kier molecular flexibility index (Phi) is 5.58. The van der Waals surface area contributed by atoms with Gasteiger partial charge in [0.05, 0.1) is 4.90 Å². The van der Waals surface area contributed by atoms with Gasteiger partial charge in [-0.25, -0.2) is 13.1 Å². The van der Waals surface area contributed by atoms with Gasteiger partial charge in [0.2, 0.25) is 15.9 Å². The third kappa shape index (κ3) is 4.30. The second kappa shape index (κ2) is 7.24. The van der Waals surface area contributed by atoms with Crippen LogP contribution in [-0.2, 0) is 14.8 Å². The number of rotatable bonds is 5. The van der Waals surface area contributed by atoms with Crippen LogP contribution in [0, 0.1) is 13.8 Å². The molecule has 1 aliphatic rings. The molecule has 1 aromatic rings. The van der Waals surface area contributed by atoms with Gasteiger partial charge in [0, 0.05) is 26.1 Å². The maximum atomic E-state index is 12.2. The zero-order chi connectivity index (χ0) is 16.2. The van der Waals surface area contributed by atoms with Crippen molar-refractivity contribution >= 4 is 15.9 Å². The molecule has 0 bridgehead atoms. The summed E-state index contributed by atoms with van der Waals surface area (Å²) < 4.78 is 27.0. The molecule has 0 radical (unpaired) electrons. The molecule has 1 N–H and O–H groups in total. The largest absolute Gasteiger partial charge is 0.343 e. The topological polar surface area (TPSA) is 66.5 Å². The maximum absolute atomic E-state index is 12.2. The first-order valence-corrected chi connectivity index (χ1v) is 9.23. The fourth-order valence-electron chi connectivity index (χ4n) is 2.56. The molecule has 0 atom stereocenters. The molecule has 0 aliphatic carbocycles. The normalized spacial score (nSPS) is 15.8. The van der Waals surface area contributed by atoms with Crippen molar-refractivity contribution in [3.05, 3.63) is 29.3 Å². The fourth-order valence-corrected chi connectivity index (χ4v) is 3.67. The summed E-state index contributed by atoms with van der Waals surface area (Å²) >= 11 is 0. The number of nitrogens with one attached hydrogen (secondary N) is 1. The second-order valence-corrected chi connectivity index (χ2v) is 7.60. The third-order valence-corrected chi connectivity index (χ3v) is 5.59. The van der Waals surface area contributed by atoms with Gasteiger partial charge in [-0.3, -0.25) is 4.79 Å². The lowest BCUT2D eigenvalue weighted by Crippen LogP contribution is -2.37. The molecule has 1 saturated heterocycles. The molecule has 1 aromatic carbocycles. The molecule has 2 rings (SSSR count). The molecule has 5 nitrogen and oxygen atoms in total. The highest BCUT2D eigenvalue weighted by atomic mass is 32.2. The van der Waals surface area contributed by atoms with E-state index in [0.29, 0.717) is 0 Å². The van der Waals surface area contributed by atoms with Gasteiger partial charge in [0.25, 0.3) is 0 Å². The van der Waals surface area contributed by atoms with Crippen molar-refractivity contribution in [3.63, 3.8) is 0 Å². The molecular weight excluding hydrogens is 300 g/mol. The van der Waals surface area contributed by atoms with Crippen molar-refractivity contribution < 1.29 is 13.2 Å². The van der Waals surface area contributed by atoms with E-state index in [1.807, 2.05) is 18.7 Å². The lowest BCUT2D eigenvalue weighted by molar-refractivity contribution is -0.131. The average molecular weight is 324 g/mol. The van der Waals surface area contributed by atoms with Crippen molar-refractivity contribution in [3.8, 4) is 0 Å². The maximum Gasteiger partial charge on any atom is 0.240 e. The lowest BCUT2D eigenvalue weighted by Gasteiger charge is -2.26. The Morgan fingerprint density at radius 2 is 1.82 bits per heavy atom. The quantitative estimate of drug-likeness (QED) is 0.900. The minimum Gasteiger partial charge on any atom is -0.343 e. The molecule has 1 amide bonds. The van der Waals surface area contributed by atoms with Gasteiger partial charge in [-0.1, -0.05) is 6.07 Å². The van der Waals surface area contributed by atoms with Crippen molar-refractivity contribution in [1.29, 1.82) is 0 Å². The first kappa shape index (κ1) is 17.0. The van der Waals surface area contributed by atoms with Crippen molar-refractivity contribution in [2.24, 2.45) is 0 Å². The van der Waals surface area contributed by atoms with Crippen LogP contribution in [0.15, 0.2) is 23.1 Å². The van der Waals surface area contributed by atoms with E-state index in [1.54, 1.807) is 18.2 Å². The number of sulfonamides is 1. The predicted octanol–water partition coefficient (Wildman–Crippen LogP) is 1.98. The van der Waals surface area contributed by atoms with Crippen LogP contribution in [0.4, 0.5) is 0 Å². The number of hydrogen-bond acceptors (Lipinski definition) is 3. The van der Waals surface area contributed by atoms with Crippen LogP contribution in [0.2, 0.25) is 0 Å². The van der Waals surface area contributed by atoms with Crippen LogP contribution in [0.1, 0.15) is 36.8 Å². The van der Waals surface area contributed by atoms with Gasteiger partial charge in [-0.15, -0.1) is 0 Å². The molecular formula is C16H24N2O3S. The Labute approximate surface area is 132 Å². The summed E-state index contributed by atoms with van der Waals surface area (Å²) in [6, 6.07) is 5.05. The molecule has 0 aromatic heterocycles. The standard InChI is InChI=1S/C16H24N2O3S/c1-13-6-7-15(12-14(13)2)22(20,21)17-9-8-16(19)18-10-4-3-5-11-18/h6-7,12,17H,3-5,8-11H2,1-2H3. The lowest BCUT2D eigenvalue weighted by atomic mass is 10.1. The zero-order valence-corrected chi connectivity index (χ0v) is 14.1. The van der Waals surface area contributed by atoms with Crippen LogP contribution in [0.25, 0.3) is 0 Å². The molecule has 22 heavy (non-hydrogen) atoms. The summed E-state index contributed by atoms with van der Waals surface area (Å²) in [7, 11) is -3.55. The molecule has 6 heteroatoms. The van der Waals surface area contributed by atoms with Gasteiger partial charge in [-0.05, 0) is 56.4 Å². The van der Waals surface area contributed by atoms with E-state index in [1.165, 1.54) is 6.42 Å². The van der Waals surface area contributed by atoms with E-state index in [0.717, 1.165) is 37.1 Å². The van der Waals surface area contributed by atoms with E-state index >= 15 is 0 Å². The van der Waals surface area contributed by atoms with Gasteiger partial charge in [-0.2, -0.15) is 0 Å². The van der Waals surface area contributed by atoms with E-state index in [2.05, 4.69) is 4.72 Å². The number of nitrogens with zero attached hydrogens (tertiary/aromatic N) is 1. The number of hydrogen-bond donors (Lipinski definition) is 1. The molecule has 0 spiro atoms. The van der Waals surface area contributed by atoms with E-state index in [9.17, 15) is 13.2 Å². The van der Waals surface area contributed by atoms with E-state index < -0.39 is 10.0 Å². The number of aryl methyl sites for hydroxylation is 2. The van der Waals surface area contributed by atoms with Crippen molar-refractivity contribution in [2.45, 2.75) is 44.4 Å². The molecule has 1 aliphatic heterocycles. The SMILES string of the molecule is Cc1ccc(S(=O)(=O)NCCC(=O)N2CCCCC2)cc1C. The van der Waals surface area contributed by atoms with Gasteiger partial charge >= 0.3 is 0 Å². The summed E-state index contributed by atoms with van der Waals surface area (Å²) in [5, 5.41) is 0. The van der Waals surface area contributed by atoms with Crippen molar-refractivity contribution in [1.82, 2.24) is 9.62 Å². The Bertz CT molecular complexity index is 635. The van der Waals surface area contributed by atoms with Gasteiger partial charge in [0.1, 0.15) is 0 Å². The minimum atomic E-state index is -3.55. The molecule has 122 valence electrons. The van der Waals surface area contributed by atoms with Crippen LogP contribution >= 0.6 is 0 Å². The molecule has 1 heterocycles. The summed E-state index contributed by atoms with van der Waals surface area (Å²) in [6.07, 6.45) is 3.47. The highest BCUT2D eigenvalue weighted by Gasteiger charge is 2.18. The first-order chi connectivity index (χ1) is 10.4. The highest BCUT2D eigenvalue weighted by Crippen LogP contribution is 2.15. The summed E-state index contributed by atoms with van der Waals surface area (Å²) in [6.45, 7) is 5.56. The summed E-state index contributed by atoms with van der Waals surface area (Å²) in [5.41, 5.74) is 1.99. The van der Waals surface area contributed by atoms with Crippen LogP contribution in [0.5, 0.6) is 0 Å². The molecule has 0 saturated carbocycles.